The van der Waals surface area contributed by atoms with Gasteiger partial charge in [0, 0.05) is 29.2 Å². The topological polar surface area (TPSA) is 46.1 Å². The number of hydrogen-bond acceptors (Lipinski definition) is 5. The quantitative estimate of drug-likeness (QED) is 0.465. The van der Waals surface area contributed by atoms with Crippen LogP contribution in [-0.2, 0) is 0 Å². The maximum absolute atomic E-state index is 13.0. The zero-order chi connectivity index (χ0) is 17.6. The van der Waals surface area contributed by atoms with Crippen molar-refractivity contribution in [2.45, 2.75) is 5.03 Å². The van der Waals surface area contributed by atoms with E-state index < -0.39 is 0 Å². The highest BCUT2D eigenvalue weighted by molar-refractivity contribution is 7.98. The molecule has 0 aliphatic carbocycles. The van der Waals surface area contributed by atoms with Gasteiger partial charge in [0.15, 0.2) is 5.13 Å². The Balaban J connectivity index is 1.92. The number of anilines is 1. The number of hydrogen-bond donors (Lipinski definition) is 0. The molecule has 0 saturated carbocycles. The van der Waals surface area contributed by atoms with Crippen LogP contribution in [-0.4, -0.2) is 28.7 Å². The van der Waals surface area contributed by atoms with Gasteiger partial charge >= 0.3 is 0 Å². The number of carbonyl (C=O) groups is 1. The number of rotatable bonds is 6. The van der Waals surface area contributed by atoms with Crippen molar-refractivity contribution in [1.82, 2.24) is 9.97 Å². The molecule has 0 atom stereocenters. The highest BCUT2D eigenvalue weighted by Gasteiger charge is 2.20. The van der Waals surface area contributed by atoms with E-state index in [2.05, 4.69) is 16.5 Å². The Bertz CT molecular complexity index is 877. The van der Waals surface area contributed by atoms with Gasteiger partial charge in [0.25, 0.3) is 5.91 Å². The van der Waals surface area contributed by atoms with Crippen molar-refractivity contribution in [3.05, 3.63) is 72.3 Å². The van der Waals surface area contributed by atoms with E-state index in [0.29, 0.717) is 17.2 Å². The number of carbonyl (C=O) groups excluding carboxylic acids is 1. The van der Waals surface area contributed by atoms with E-state index >= 15 is 0 Å². The van der Waals surface area contributed by atoms with Crippen LogP contribution in [0.3, 0.4) is 0 Å². The summed E-state index contributed by atoms with van der Waals surface area (Å²) in [7, 11) is 0. The van der Waals surface area contributed by atoms with Crippen LogP contribution < -0.4 is 4.90 Å². The molecule has 2 aromatic heterocycles. The molecule has 126 valence electrons. The lowest BCUT2D eigenvalue weighted by Crippen LogP contribution is -2.31. The summed E-state index contributed by atoms with van der Waals surface area (Å²) in [6.45, 7) is 4.17. The minimum Gasteiger partial charge on any atom is -0.280 e. The minimum absolute atomic E-state index is 0.105. The first-order valence-electron chi connectivity index (χ1n) is 7.66. The number of nitrogens with zero attached hydrogens (tertiary/aromatic N) is 3. The Kier molecular flexibility index (Phi) is 5.63. The Hall–Kier alpha value is -2.44. The molecule has 2 heterocycles. The number of pyridine rings is 1. The second-order valence-electron chi connectivity index (χ2n) is 5.17. The van der Waals surface area contributed by atoms with Crippen molar-refractivity contribution >= 4 is 34.1 Å². The SMILES string of the molecule is C=CCN(C(=O)c1ccnc(SC)c1)c1nc(-c2ccccc2)cs1. The van der Waals surface area contributed by atoms with Crippen LogP contribution in [0.15, 0.2) is 71.7 Å². The van der Waals surface area contributed by atoms with Crippen molar-refractivity contribution in [1.29, 1.82) is 0 Å². The van der Waals surface area contributed by atoms with Crippen molar-refractivity contribution in [2.24, 2.45) is 0 Å². The molecular formula is C19H17N3OS2. The molecule has 25 heavy (non-hydrogen) atoms. The van der Waals surface area contributed by atoms with E-state index in [0.717, 1.165) is 16.3 Å². The standard InChI is InChI=1S/C19H17N3OS2/c1-3-11-22(18(23)15-9-10-20-17(12-15)24-2)19-21-16(13-25-19)14-7-5-4-6-8-14/h3-10,12-13H,1,11H2,2H3. The van der Waals surface area contributed by atoms with Crippen molar-refractivity contribution in [3.63, 3.8) is 0 Å². The van der Waals surface area contributed by atoms with Gasteiger partial charge in [-0.05, 0) is 18.4 Å². The van der Waals surface area contributed by atoms with Crippen LogP contribution >= 0.6 is 23.1 Å². The highest BCUT2D eigenvalue weighted by atomic mass is 32.2. The van der Waals surface area contributed by atoms with E-state index in [4.69, 9.17) is 0 Å². The second-order valence-corrected chi connectivity index (χ2v) is 6.84. The summed E-state index contributed by atoms with van der Waals surface area (Å²) in [6, 6.07) is 13.5. The molecule has 0 aliphatic rings. The van der Waals surface area contributed by atoms with E-state index in [1.807, 2.05) is 42.0 Å². The molecule has 0 aliphatic heterocycles. The average Bonchev–Trinajstić information content (AvgIpc) is 3.16. The molecule has 1 aromatic carbocycles. The Morgan fingerprint density at radius 1 is 1.32 bits per heavy atom. The summed E-state index contributed by atoms with van der Waals surface area (Å²) in [6.07, 6.45) is 5.30. The molecule has 3 aromatic rings. The van der Waals surface area contributed by atoms with Gasteiger partial charge in [-0.25, -0.2) is 9.97 Å². The van der Waals surface area contributed by atoms with E-state index in [1.54, 1.807) is 29.3 Å². The number of thioether (sulfide) groups is 1. The van der Waals surface area contributed by atoms with Gasteiger partial charge in [0.1, 0.15) is 0 Å². The van der Waals surface area contributed by atoms with Crippen molar-refractivity contribution in [3.8, 4) is 11.3 Å². The summed E-state index contributed by atoms with van der Waals surface area (Å²) in [5, 5.41) is 3.44. The predicted molar refractivity (Wildman–Crippen MR) is 105 cm³/mol. The van der Waals surface area contributed by atoms with Crippen LogP contribution in [0.5, 0.6) is 0 Å². The fourth-order valence-corrected chi connectivity index (χ4v) is 3.57. The summed E-state index contributed by atoms with van der Waals surface area (Å²) >= 11 is 2.96. The smallest absolute Gasteiger partial charge is 0.260 e. The Morgan fingerprint density at radius 2 is 2.12 bits per heavy atom. The number of amides is 1. The van der Waals surface area contributed by atoms with Crippen molar-refractivity contribution in [2.75, 3.05) is 17.7 Å². The summed E-state index contributed by atoms with van der Waals surface area (Å²) in [5.41, 5.74) is 2.49. The maximum atomic E-state index is 13.0. The van der Waals surface area contributed by atoms with Crippen LogP contribution in [0.25, 0.3) is 11.3 Å². The zero-order valence-corrected chi connectivity index (χ0v) is 15.4. The zero-order valence-electron chi connectivity index (χ0n) is 13.8. The minimum atomic E-state index is -0.105. The number of benzene rings is 1. The van der Waals surface area contributed by atoms with Gasteiger partial charge in [-0.3, -0.25) is 9.69 Å². The molecule has 6 heteroatoms. The molecule has 0 saturated heterocycles. The fourth-order valence-electron chi connectivity index (χ4n) is 2.32. The summed E-state index contributed by atoms with van der Waals surface area (Å²) in [5.74, 6) is -0.105. The first kappa shape index (κ1) is 17.4. The average molecular weight is 367 g/mol. The molecular weight excluding hydrogens is 350 g/mol. The van der Waals surface area contributed by atoms with E-state index in [9.17, 15) is 4.79 Å². The van der Waals surface area contributed by atoms with Gasteiger partial charge in [0.2, 0.25) is 0 Å². The molecule has 0 bridgehead atoms. The fraction of sp³-hybridized carbons (Fsp3) is 0.105. The Labute approximate surface area is 155 Å². The maximum Gasteiger partial charge on any atom is 0.260 e. The molecule has 0 fully saturated rings. The molecule has 0 unspecified atom stereocenters. The van der Waals surface area contributed by atoms with Crippen molar-refractivity contribution < 1.29 is 4.79 Å². The number of aromatic nitrogens is 2. The third-order valence-corrected chi connectivity index (χ3v) is 5.05. The normalized spacial score (nSPS) is 10.4. The van der Waals surface area contributed by atoms with Crippen LogP contribution in [0, 0.1) is 0 Å². The Morgan fingerprint density at radius 3 is 2.84 bits per heavy atom. The lowest BCUT2D eigenvalue weighted by molar-refractivity contribution is 0.0989. The molecule has 1 amide bonds. The second kappa shape index (κ2) is 8.09. The van der Waals surface area contributed by atoms with Gasteiger partial charge in [-0.1, -0.05) is 36.4 Å². The third kappa shape index (κ3) is 3.97. The lowest BCUT2D eigenvalue weighted by atomic mass is 10.2. The predicted octanol–water partition coefficient (Wildman–Crippen LogP) is 4.76. The van der Waals surface area contributed by atoms with Gasteiger partial charge in [-0.2, -0.15) is 0 Å². The molecule has 3 rings (SSSR count). The summed E-state index contributed by atoms with van der Waals surface area (Å²) in [4.78, 5) is 23.5. The lowest BCUT2D eigenvalue weighted by Gasteiger charge is -2.18. The molecule has 4 nitrogen and oxygen atoms in total. The third-order valence-electron chi connectivity index (χ3n) is 3.54. The molecule has 0 radical (unpaired) electrons. The van der Waals surface area contributed by atoms with Crippen LogP contribution in [0.1, 0.15) is 10.4 Å². The van der Waals surface area contributed by atoms with Gasteiger partial charge in [0.05, 0.1) is 10.7 Å². The van der Waals surface area contributed by atoms with E-state index in [1.165, 1.54) is 23.1 Å². The molecule has 0 N–H and O–H groups in total. The van der Waals surface area contributed by atoms with Crippen LogP contribution in [0.2, 0.25) is 0 Å². The molecule has 0 spiro atoms. The highest BCUT2D eigenvalue weighted by Crippen LogP contribution is 2.28. The largest absolute Gasteiger partial charge is 0.280 e. The van der Waals surface area contributed by atoms with Gasteiger partial charge in [-0.15, -0.1) is 29.7 Å². The first-order chi connectivity index (χ1) is 12.2. The summed E-state index contributed by atoms with van der Waals surface area (Å²) < 4.78 is 0. The van der Waals surface area contributed by atoms with Crippen LogP contribution in [0.4, 0.5) is 5.13 Å². The number of thiazole rings is 1. The van der Waals surface area contributed by atoms with E-state index in [-0.39, 0.29) is 5.91 Å². The first-order valence-corrected chi connectivity index (χ1v) is 9.77. The van der Waals surface area contributed by atoms with Gasteiger partial charge < -0.3 is 0 Å². The monoisotopic (exact) mass is 367 g/mol.